The first-order valence-electron chi connectivity index (χ1n) is 8.77. The first kappa shape index (κ1) is 18.2. The number of nitrogens with one attached hydrogen (secondary N) is 1. The molecular formula is C21H21ClN2O2. The van der Waals surface area contributed by atoms with Crippen LogP contribution in [0.25, 0.3) is 6.08 Å². The van der Waals surface area contributed by atoms with Crippen molar-refractivity contribution in [3.63, 3.8) is 0 Å². The zero-order valence-electron chi connectivity index (χ0n) is 14.5. The normalized spacial score (nSPS) is 14.4. The molecule has 1 aliphatic heterocycles. The smallest absolute Gasteiger partial charge is 0.255 e. The standard InChI is InChI=1S/C21H21ClN2O2/c22-18-10-4-2-8-16(18)12-13-20(25)23-19-11-5-3-9-17(19)21(26)24-14-6-1-7-15-24/h2-5,8-13H,1,6-7,14-15H2,(H,23,25)/b13-12+. The van der Waals surface area contributed by atoms with E-state index in [1.165, 1.54) is 6.08 Å². The van der Waals surface area contributed by atoms with E-state index in [0.29, 0.717) is 16.3 Å². The lowest BCUT2D eigenvalue weighted by molar-refractivity contribution is -0.111. The Morgan fingerprint density at radius 3 is 2.42 bits per heavy atom. The fourth-order valence-corrected chi connectivity index (χ4v) is 3.19. The lowest BCUT2D eigenvalue weighted by atomic mass is 10.1. The van der Waals surface area contributed by atoms with Gasteiger partial charge in [-0.25, -0.2) is 0 Å². The maximum Gasteiger partial charge on any atom is 0.255 e. The molecule has 4 nitrogen and oxygen atoms in total. The summed E-state index contributed by atoms with van der Waals surface area (Å²) in [6, 6.07) is 14.4. The van der Waals surface area contributed by atoms with Crippen molar-refractivity contribution in [2.45, 2.75) is 19.3 Å². The van der Waals surface area contributed by atoms with Gasteiger partial charge in [-0.05, 0) is 49.1 Å². The number of amides is 2. The van der Waals surface area contributed by atoms with E-state index in [0.717, 1.165) is 37.9 Å². The lowest BCUT2D eigenvalue weighted by Crippen LogP contribution is -2.36. The van der Waals surface area contributed by atoms with E-state index in [-0.39, 0.29) is 11.8 Å². The number of piperidine rings is 1. The van der Waals surface area contributed by atoms with Gasteiger partial charge in [-0.1, -0.05) is 41.9 Å². The van der Waals surface area contributed by atoms with Crippen LogP contribution in [-0.2, 0) is 4.79 Å². The second-order valence-corrected chi connectivity index (χ2v) is 6.65. The Balaban J connectivity index is 1.72. The maximum atomic E-state index is 12.8. The third kappa shape index (κ3) is 4.52. The molecule has 1 saturated heterocycles. The summed E-state index contributed by atoms with van der Waals surface area (Å²) in [4.78, 5) is 26.9. The molecule has 2 aromatic carbocycles. The van der Waals surface area contributed by atoms with Gasteiger partial charge >= 0.3 is 0 Å². The zero-order chi connectivity index (χ0) is 18.4. The van der Waals surface area contributed by atoms with Crippen molar-refractivity contribution in [3.8, 4) is 0 Å². The summed E-state index contributed by atoms with van der Waals surface area (Å²) < 4.78 is 0. The number of anilines is 1. The number of para-hydroxylation sites is 1. The predicted molar refractivity (Wildman–Crippen MR) is 105 cm³/mol. The summed E-state index contributed by atoms with van der Waals surface area (Å²) in [6.45, 7) is 1.54. The molecule has 0 aromatic heterocycles. The van der Waals surface area contributed by atoms with E-state index in [9.17, 15) is 9.59 Å². The highest BCUT2D eigenvalue weighted by molar-refractivity contribution is 6.32. The summed E-state index contributed by atoms with van der Waals surface area (Å²) in [6.07, 6.45) is 6.30. The van der Waals surface area contributed by atoms with Crippen molar-refractivity contribution in [2.24, 2.45) is 0 Å². The first-order chi connectivity index (χ1) is 12.6. The molecule has 0 atom stereocenters. The number of hydrogen-bond acceptors (Lipinski definition) is 2. The largest absolute Gasteiger partial charge is 0.339 e. The minimum Gasteiger partial charge on any atom is -0.339 e. The minimum absolute atomic E-state index is 0.0318. The van der Waals surface area contributed by atoms with Gasteiger partial charge < -0.3 is 10.2 Å². The molecule has 1 heterocycles. The van der Waals surface area contributed by atoms with Gasteiger partial charge in [-0.3, -0.25) is 9.59 Å². The van der Waals surface area contributed by atoms with Gasteiger partial charge in [-0.2, -0.15) is 0 Å². The fourth-order valence-electron chi connectivity index (χ4n) is 3.00. The van der Waals surface area contributed by atoms with Gasteiger partial charge in [-0.15, -0.1) is 0 Å². The molecule has 0 saturated carbocycles. The molecular weight excluding hydrogens is 348 g/mol. The molecule has 5 heteroatoms. The Labute approximate surface area is 158 Å². The Bertz CT molecular complexity index is 826. The third-order valence-electron chi connectivity index (χ3n) is 4.38. The van der Waals surface area contributed by atoms with Crippen LogP contribution < -0.4 is 5.32 Å². The van der Waals surface area contributed by atoms with E-state index in [4.69, 9.17) is 11.6 Å². The van der Waals surface area contributed by atoms with Gasteiger partial charge in [0.25, 0.3) is 5.91 Å². The van der Waals surface area contributed by atoms with Crippen LogP contribution in [0.5, 0.6) is 0 Å². The van der Waals surface area contributed by atoms with E-state index >= 15 is 0 Å². The Morgan fingerprint density at radius 1 is 0.962 bits per heavy atom. The van der Waals surface area contributed by atoms with E-state index < -0.39 is 0 Å². The average Bonchev–Trinajstić information content (AvgIpc) is 2.68. The van der Waals surface area contributed by atoms with Crippen LogP contribution in [0, 0.1) is 0 Å². The number of rotatable bonds is 4. The number of likely N-dealkylation sites (tertiary alicyclic amines) is 1. The molecule has 134 valence electrons. The van der Waals surface area contributed by atoms with Crippen molar-refractivity contribution >= 4 is 35.2 Å². The summed E-state index contributed by atoms with van der Waals surface area (Å²) in [5, 5.41) is 3.38. The molecule has 2 aromatic rings. The number of carbonyl (C=O) groups is 2. The van der Waals surface area contributed by atoms with E-state index in [1.54, 1.807) is 30.3 Å². The molecule has 1 N–H and O–H groups in total. The summed E-state index contributed by atoms with van der Waals surface area (Å²) in [7, 11) is 0. The highest BCUT2D eigenvalue weighted by atomic mass is 35.5. The van der Waals surface area contributed by atoms with Gasteiger partial charge in [0.05, 0.1) is 11.3 Å². The van der Waals surface area contributed by atoms with Gasteiger partial charge in [0.2, 0.25) is 5.91 Å². The number of hydrogen-bond donors (Lipinski definition) is 1. The minimum atomic E-state index is -0.302. The first-order valence-corrected chi connectivity index (χ1v) is 9.15. The summed E-state index contributed by atoms with van der Waals surface area (Å²) in [5.41, 5.74) is 1.81. The Morgan fingerprint density at radius 2 is 1.65 bits per heavy atom. The van der Waals surface area contributed by atoms with Crippen LogP contribution >= 0.6 is 11.6 Å². The number of halogens is 1. The lowest BCUT2D eigenvalue weighted by Gasteiger charge is -2.27. The molecule has 2 amide bonds. The fraction of sp³-hybridized carbons (Fsp3) is 0.238. The van der Waals surface area contributed by atoms with Crippen LogP contribution in [0.2, 0.25) is 5.02 Å². The number of nitrogens with zero attached hydrogens (tertiary/aromatic N) is 1. The van der Waals surface area contributed by atoms with Crippen molar-refractivity contribution in [1.82, 2.24) is 4.90 Å². The van der Waals surface area contributed by atoms with Gasteiger partial charge in [0.15, 0.2) is 0 Å². The van der Waals surface area contributed by atoms with E-state index in [1.807, 2.05) is 29.2 Å². The highest BCUT2D eigenvalue weighted by Gasteiger charge is 2.20. The van der Waals surface area contributed by atoms with Gasteiger partial charge in [0, 0.05) is 24.2 Å². The SMILES string of the molecule is O=C(/C=C/c1ccccc1Cl)Nc1ccccc1C(=O)N1CCCCC1. The van der Waals surface area contributed by atoms with Crippen molar-refractivity contribution < 1.29 is 9.59 Å². The molecule has 1 fully saturated rings. The van der Waals surface area contributed by atoms with Crippen molar-refractivity contribution in [1.29, 1.82) is 0 Å². The van der Waals surface area contributed by atoms with Crippen LogP contribution in [0.15, 0.2) is 54.6 Å². The summed E-state index contributed by atoms with van der Waals surface area (Å²) in [5.74, 6) is -0.334. The maximum absolute atomic E-state index is 12.8. The summed E-state index contributed by atoms with van der Waals surface area (Å²) >= 11 is 6.09. The molecule has 3 rings (SSSR count). The van der Waals surface area contributed by atoms with Crippen molar-refractivity contribution in [3.05, 3.63) is 70.8 Å². The molecule has 0 spiro atoms. The van der Waals surface area contributed by atoms with Crippen LogP contribution in [-0.4, -0.2) is 29.8 Å². The predicted octanol–water partition coefficient (Wildman–Crippen LogP) is 4.62. The van der Waals surface area contributed by atoms with E-state index in [2.05, 4.69) is 5.32 Å². The average molecular weight is 369 g/mol. The third-order valence-corrected chi connectivity index (χ3v) is 4.72. The van der Waals surface area contributed by atoms with Crippen LogP contribution in [0.1, 0.15) is 35.2 Å². The van der Waals surface area contributed by atoms with Gasteiger partial charge in [0.1, 0.15) is 0 Å². The van der Waals surface area contributed by atoms with Crippen LogP contribution in [0.3, 0.4) is 0 Å². The second kappa shape index (κ2) is 8.68. The van der Waals surface area contributed by atoms with Crippen molar-refractivity contribution in [2.75, 3.05) is 18.4 Å². The molecule has 0 bridgehead atoms. The monoisotopic (exact) mass is 368 g/mol. The number of benzene rings is 2. The Kier molecular flexibility index (Phi) is 6.08. The second-order valence-electron chi connectivity index (χ2n) is 6.24. The molecule has 1 aliphatic rings. The topological polar surface area (TPSA) is 49.4 Å². The quantitative estimate of drug-likeness (QED) is 0.800. The zero-order valence-corrected chi connectivity index (χ0v) is 15.2. The van der Waals surface area contributed by atoms with Crippen LogP contribution in [0.4, 0.5) is 5.69 Å². The molecule has 0 aliphatic carbocycles. The highest BCUT2D eigenvalue weighted by Crippen LogP contribution is 2.20. The Hall–Kier alpha value is -2.59. The number of carbonyl (C=O) groups excluding carboxylic acids is 2. The molecule has 26 heavy (non-hydrogen) atoms. The molecule has 0 unspecified atom stereocenters. The molecule has 0 radical (unpaired) electrons.